The fourth-order valence-electron chi connectivity index (χ4n) is 2.02. The molecule has 0 saturated carbocycles. The lowest BCUT2D eigenvalue weighted by Gasteiger charge is -2.07. The summed E-state index contributed by atoms with van der Waals surface area (Å²) in [6.07, 6.45) is 1.77. The summed E-state index contributed by atoms with van der Waals surface area (Å²) in [5.41, 5.74) is 0.522. The van der Waals surface area contributed by atoms with Crippen molar-refractivity contribution in [3.05, 3.63) is 71.1 Å². The maximum Gasteiger partial charge on any atom is 0.128 e. The fraction of sp³-hybridized carbons (Fsp3) is 0.0625. The van der Waals surface area contributed by atoms with Crippen molar-refractivity contribution >= 4 is 34.1 Å². The second-order valence-electron chi connectivity index (χ2n) is 4.33. The smallest absolute Gasteiger partial charge is 0.128 e. The lowest BCUT2D eigenvalue weighted by Crippen LogP contribution is -1.90. The average molecular weight is 304 g/mol. The van der Waals surface area contributed by atoms with Gasteiger partial charge in [-0.25, -0.2) is 9.37 Å². The van der Waals surface area contributed by atoms with Crippen LogP contribution in [0.4, 0.5) is 4.39 Å². The third-order valence-corrected chi connectivity index (χ3v) is 4.44. The van der Waals surface area contributed by atoms with Gasteiger partial charge in [-0.1, -0.05) is 41.9 Å². The molecule has 0 atom stereocenters. The monoisotopic (exact) mass is 303 g/mol. The predicted molar refractivity (Wildman–Crippen MR) is 82.7 cm³/mol. The highest BCUT2D eigenvalue weighted by Gasteiger charge is 2.09. The zero-order chi connectivity index (χ0) is 13.9. The van der Waals surface area contributed by atoms with Gasteiger partial charge in [0.2, 0.25) is 0 Å². The zero-order valence-corrected chi connectivity index (χ0v) is 12.1. The summed E-state index contributed by atoms with van der Waals surface area (Å²) in [5.74, 6) is 0.192. The number of halogens is 2. The Morgan fingerprint density at radius 2 is 1.90 bits per heavy atom. The second-order valence-corrected chi connectivity index (χ2v) is 5.70. The highest BCUT2D eigenvalue weighted by atomic mass is 35.5. The Labute approximate surface area is 125 Å². The maximum atomic E-state index is 13.7. The van der Waals surface area contributed by atoms with Crippen LogP contribution in [-0.4, -0.2) is 4.98 Å². The van der Waals surface area contributed by atoms with Crippen molar-refractivity contribution in [1.29, 1.82) is 0 Å². The van der Waals surface area contributed by atoms with Gasteiger partial charge in [-0.15, -0.1) is 11.8 Å². The number of benzene rings is 2. The molecule has 0 aliphatic heterocycles. The lowest BCUT2D eigenvalue weighted by molar-refractivity contribution is 0.617. The van der Waals surface area contributed by atoms with E-state index in [0.717, 1.165) is 15.8 Å². The molecule has 0 bridgehead atoms. The van der Waals surface area contributed by atoms with E-state index in [0.29, 0.717) is 16.3 Å². The molecular weight excluding hydrogens is 293 g/mol. The molecule has 1 heterocycles. The van der Waals surface area contributed by atoms with Gasteiger partial charge in [0, 0.05) is 27.9 Å². The highest BCUT2D eigenvalue weighted by molar-refractivity contribution is 7.98. The number of aromatic nitrogens is 1. The third-order valence-electron chi connectivity index (χ3n) is 3.05. The van der Waals surface area contributed by atoms with Gasteiger partial charge in [-0.2, -0.15) is 0 Å². The number of nitrogens with zero attached hydrogens (tertiary/aromatic N) is 1. The first-order valence-electron chi connectivity index (χ1n) is 6.15. The molecule has 0 radical (unpaired) electrons. The summed E-state index contributed by atoms with van der Waals surface area (Å²) in [5, 5.41) is 3.55. The summed E-state index contributed by atoms with van der Waals surface area (Å²) in [7, 11) is 0. The molecule has 2 aromatic carbocycles. The van der Waals surface area contributed by atoms with Gasteiger partial charge in [-0.05, 0) is 23.6 Å². The van der Waals surface area contributed by atoms with Crippen molar-refractivity contribution in [2.45, 2.75) is 10.8 Å². The minimum atomic E-state index is -0.273. The Hall–Kier alpha value is -1.58. The quantitative estimate of drug-likeness (QED) is 0.607. The van der Waals surface area contributed by atoms with E-state index in [9.17, 15) is 4.39 Å². The van der Waals surface area contributed by atoms with Crippen LogP contribution in [0.5, 0.6) is 0 Å². The predicted octanol–water partition coefficient (Wildman–Crippen LogP) is 5.32. The molecule has 0 unspecified atom stereocenters. The zero-order valence-electron chi connectivity index (χ0n) is 10.5. The molecule has 1 aromatic heterocycles. The van der Waals surface area contributed by atoms with Crippen LogP contribution in [0.3, 0.4) is 0 Å². The number of pyridine rings is 1. The Morgan fingerprint density at radius 3 is 2.75 bits per heavy atom. The summed E-state index contributed by atoms with van der Waals surface area (Å²) in [4.78, 5) is 4.38. The van der Waals surface area contributed by atoms with E-state index in [1.165, 1.54) is 17.8 Å². The molecular formula is C16H11ClFNS. The molecule has 0 aliphatic rings. The molecule has 3 rings (SSSR count). The van der Waals surface area contributed by atoms with E-state index in [-0.39, 0.29) is 5.82 Å². The number of hydrogen-bond acceptors (Lipinski definition) is 2. The van der Waals surface area contributed by atoms with Gasteiger partial charge in [0.05, 0.1) is 0 Å². The van der Waals surface area contributed by atoms with Crippen LogP contribution >= 0.6 is 23.4 Å². The number of fused-ring (bicyclic) bond motifs is 1. The average Bonchev–Trinajstić information content (AvgIpc) is 2.47. The van der Waals surface area contributed by atoms with Crippen LogP contribution in [0, 0.1) is 5.82 Å². The van der Waals surface area contributed by atoms with Gasteiger partial charge in [0.1, 0.15) is 10.8 Å². The first-order chi connectivity index (χ1) is 9.75. The van der Waals surface area contributed by atoms with E-state index < -0.39 is 0 Å². The van der Waals surface area contributed by atoms with Crippen molar-refractivity contribution < 1.29 is 4.39 Å². The van der Waals surface area contributed by atoms with Gasteiger partial charge >= 0.3 is 0 Å². The standard InChI is InChI=1S/C16H11ClFNS/c17-14-6-3-7-15(18)13(14)10-20-16-12-5-2-1-4-11(12)8-9-19-16/h1-9H,10H2. The highest BCUT2D eigenvalue weighted by Crippen LogP contribution is 2.31. The molecule has 0 fully saturated rings. The summed E-state index contributed by atoms with van der Waals surface area (Å²) >= 11 is 7.54. The largest absolute Gasteiger partial charge is 0.249 e. The van der Waals surface area contributed by atoms with Crippen LogP contribution in [0.2, 0.25) is 5.02 Å². The van der Waals surface area contributed by atoms with Crippen molar-refractivity contribution in [3.8, 4) is 0 Å². The summed E-state index contributed by atoms with van der Waals surface area (Å²) in [6.45, 7) is 0. The van der Waals surface area contributed by atoms with E-state index in [1.807, 2.05) is 30.3 Å². The topological polar surface area (TPSA) is 12.9 Å². The molecule has 3 aromatic rings. The van der Waals surface area contributed by atoms with Crippen molar-refractivity contribution in [2.24, 2.45) is 0 Å². The molecule has 1 nitrogen and oxygen atoms in total. The lowest BCUT2D eigenvalue weighted by atomic mass is 10.2. The van der Waals surface area contributed by atoms with Crippen LogP contribution in [-0.2, 0) is 5.75 Å². The molecule has 0 aliphatic carbocycles. The molecule has 20 heavy (non-hydrogen) atoms. The minimum absolute atomic E-state index is 0.273. The summed E-state index contributed by atoms with van der Waals surface area (Å²) in [6, 6.07) is 14.7. The van der Waals surface area contributed by atoms with E-state index >= 15 is 0 Å². The van der Waals surface area contributed by atoms with Crippen molar-refractivity contribution in [2.75, 3.05) is 0 Å². The Balaban J connectivity index is 1.91. The van der Waals surface area contributed by atoms with Crippen molar-refractivity contribution in [3.63, 3.8) is 0 Å². The van der Waals surface area contributed by atoms with Gasteiger partial charge in [0.25, 0.3) is 0 Å². The molecule has 0 saturated heterocycles. The van der Waals surface area contributed by atoms with E-state index in [4.69, 9.17) is 11.6 Å². The Kier molecular flexibility index (Phi) is 3.90. The van der Waals surface area contributed by atoms with Crippen molar-refractivity contribution in [1.82, 2.24) is 4.98 Å². The van der Waals surface area contributed by atoms with Crippen LogP contribution in [0.1, 0.15) is 5.56 Å². The van der Waals surface area contributed by atoms with Crippen LogP contribution in [0.15, 0.2) is 59.8 Å². The molecule has 100 valence electrons. The molecule has 0 amide bonds. The van der Waals surface area contributed by atoms with E-state index in [2.05, 4.69) is 4.98 Å². The maximum absolute atomic E-state index is 13.7. The fourth-order valence-corrected chi connectivity index (χ4v) is 3.38. The number of hydrogen-bond donors (Lipinski definition) is 0. The Bertz CT molecular complexity index is 735. The van der Waals surface area contributed by atoms with Gasteiger partial charge < -0.3 is 0 Å². The molecule has 4 heteroatoms. The van der Waals surface area contributed by atoms with Gasteiger partial charge in [0.15, 0.2) is 0 Å². The molecule has 0 spiro atoms. The van der Waals surface area contributed by atoms with Gasteiger partial charge in [-0.3, -0.25) is 0 Å². The molecule has 0 N–H and O–H groups in total. The SMILES string of the molecule is Fc1cccc(Cl)c1CSc1nccc2ccccc12. The van der Waals surface area contributed by atoms with Crippen LogP contribution in [0.25, 0.3) is 10.8 Å². The van der Waals surface area contributed by atoms with E-state index in [1.54, 1.807) is 18.3 Å². The number of thioether (sulfide) groups is 1. The Morgan fingerprint density at radius 1 is 1.05 bits per heavy atom. The van der Waals surface area contributed by atoms with Crippen LogP contribution < -0.4 is 0 Å². The third kappa shape index (κ3) is 2.65. The normalized spacial score (nSPS) is 10.9. The first kappa shape index (κ1) is 13.4. The minimum Gasteiger partial charge on any atom is -0.249 e. The first-order valence-corrected chi connectivity index (χ1v) is 7.51. The number of rotatable bonds is 3. The summed E-state index contributed by atoms with van der Waals surface area (Å²) < 4.78 is 13.7. The second kappa shape index (κ2) is 5.81.